The van der Waals surface area contributed by atoms with Gasteiger partial charge in [0.05, 0.1) is 19.1 Å². The van der Waals surface area contributed by atoms with Gasteiger partial charge in [-0.15, -0.1) is 0 Å². The van der Waals surface area contributed by atoms with Crippen molar-refractivity contribution in [3.8, 4) is 5.75 Å². The molecule has 0 aliphatic heterocycles. The maximum Gasteiger partial charge on any atom is 0.244 e. The number of nitrogens with zero attached hydrogens (tertiary/aromatic N) is 2. The lowest BCUT2D eigenvalue weighted by atomic mass is 10.0. The van der Waals surface area contributed by atoms with Gasteiger partial charge >= 0.3 is 0 Å². The number of hydrogen-bond acceptors (Lipinski definition) is 5. The Morgan fingerprint density at radius 2 is 1.68 bits per heavy atom. The van der Waals surface area contributed by atoms with Gasteiger partial charge in [-0.25, -0.2) is 8.42 Å². The molecule has 0 saturated carbocycles. The zero-order valence-electron chi connectivity index (χ0n) is 21.8. The third kappa shape index (κ3) is 7.58. The number of aryl methyl sites for hydroxylation is 1. The summed E-state index contributed by atoms with van der Waals surface area (Å²) in [4.78, 5) is 28.5. The summed E-state index contributed by atoms with van der Waals surface area (Å²) in [5, 5.41) is 2.66. The van der Waals surface area contributed by atoms with Crippen molar-refractivity contribution >= 4 is 43.5 Å². The van der Waals surface area contributed by atoms with Crippen LogP contribution in [0.1, 0.15) is 16.7 Å². The summed E-state index contributed by atoms with van der Waals surface area (Å²) in [6.45, 7) is 1.45. The summed E-state index contributed by atoms with van der Waals surface area (Å²) in [6, 6.07) is 20.8. The smallest absolute Gasteiger partial charge is 0.244 e. The zero-order chi connectivity index (χ0) is 27.9. The minimum atomic E-state index is -3.82. The zero-order valence-corrected chi connectivity index (χ0v) is 24.3. The first kappa shape index (κ1) is 29.2. The predicted molar refractivity (Wildman–Crippen MR) is 153 cm³/mol. The Bertz CT molecular complexity index is 1380. The monoisotopic (exact) mass is 601 g/mol. The van der Waals surface area contributed by atoms with E-state index in [4.69, 9.17) is 4.74 Å². The second-order valence-corrected chi connectivity index (χ2v) is 11.7. The molecular weight excluding hydrogens is 570 g/mol. The van der Waals surface area contributed by atoms with Gasteiger partial charge in [-0.2, -0.15) is 0 Å². The van der Waals surface area contributed by atoms with Gasteiger partial charge in [0.1, 0.15) is 18.3 Å². The fourth-order valence-corrected chi connectivity index (χ4v) is 5.17. The topological polar surface area (TPSA) is 96.0 Å². The Morgan fingerprint density at radius 3 is 2.29 bits per heavy atom. The number of rotatable bonds is 11. The Morgan fingerprint density at radius 1 is 1.00 bits per heavy atom. The van der Waals surface area contributed by atoms with E-state index in [-0.39, 0.29) is 18.9 Å². The van der Waals surface area contributed by atoms with Gasteiger partial charge < -0.3 is 15.0 Å². The van der Waals surface area contributed by atoms with E-state index in [1.165, 1.54) is 11.9 Å². The molecule has 0 aromatic heterocycles. The number of benzene rings is 3. The molecule has 0 heterocycles. The molecular formula is C28H32BrN3O5S. The first-order valence-electron chi connectivity index (χ1n) is 11.9. The third-order valence-corrected chi connectivity index (χ3v) is 8.14. The molecule has 0 aliphatic rings. The summed E-state index contributed by atoms with van der Waals surface area (Å²) < 4.78 is 32.9. The number of halogens is 1. The molecule has 0 unspecified atom stereocenters. The first-order valence-corrected chi connectivity index (χ1v) is 14.6. The van der Waals surface area contributed by atoms with Gasteiger partial charge in [0, 0.05) is 24.5 Å². The van der Waals surface area contributed by atoms with E-state index in [1.54, 1.807) is 43.5 Å². The van der Waals surface area contributed by atoms with Crippen LogP contribution in [0.15, 0.2) is 77.3 Å². The van der Waals surface area contributed by atoms with Gasteiger partial charge in [0.15, 0.2) is 0 Å². The van der Waals surface area contributed by atoms with Gasteiger partial charge in [-0.05, 0) is 53.9 Å². The van der Waals surface area contributed by atoms with Crippen molar-refractivity contribution in [1.82, 2.24) is 10.2 Å². The second kappa shape index (κ2) is 12.9. The van der Waals surface area contributed by atoms with Crippen molar-refractivity contribution in [3.63, 3.8) is 0 Å². The Hall–Kier alpha value is -3.37. The van der Waals surface area contributed by atoms with Crippen LogP contribution in [0.25, 0.3) is 0 Å². The van der Waals surface area contributed by atoms with E-state index >= 15 is 0 Å². The fraction of sp³-hybridized carbons (Fsp3) is 0.286. The van der Waals surface area contributed by atoms with Gasteiger partial charge in [-0.3, -0.25) is 13.9 Å². The molecule has 0 saturated heterocycles. The molecule has 1 atom stereocenters. The van der Waals surface area contributed by atoms with E-state index in [1.807, 2.05) is 43.3 Å². The lowest BCUT2D eigenvalue weighted by molar-refractivity contribution is -0.139. The Balaban J connectivity index is 2.04. The van der Waals surface area contributed by atoms with E-state index < -0.39 is 28.5 Å². The van der Waals surface area contributed by atoms with Crippen LogP contribution in [0, 0.1) is 6.92 Å². The summed E-state index contributed by atoms with van der Waals surface area (Å²) in [5.74, 6) is -0.253. The number of hydrogen-bond donors (Lipinski definition) is 1. The van der Waals surface area contributed by atoms with Crippen molar-refractivity contribution in [2.75, 3.05) is 31.3 Å². The average Bonchev–Trinajstić information content (AvgIpc) is 2.90. The van der Waals surface area contributed by atoms with Gasteiger partial charge in [0.2, 0.25) is 21.8 Å². The van der Waals surface area contributed by atoms with E-state index in [9.17, 15) is 18.0 Å². The van der Waals surface area contributed by atoms with Gasteiger partial charge in [0.25, 0.3) is 0 Å². The molecule has 0 spiro atoms. The number of carbonyl (C=O) groups is 2. The van der Waals surface area contributed by atoms with Crippen molar-refractivity contribution in [2.24, 2.45) is 0 Å². The lowest BCUT2D eigenvalue weighted by Crippen LogP contribution is -2.52. The molecule has 10 heteroatoms. The molecule has 1 N–H and O–H groups in total. The highest BCUT2D eigenvalue weighted by atomic mass is 79.9. The van der Waals surface area contributed by atoms with Crippen LogP contribution in [0.2, 0.25) is 0 Å². The molecule has 38 heavy (non-hydrogen) atoms. The number of amides is 2. The summed E-state index contributed by atoms with van der Waals surface area (Å²) in [6.07, 6.45) is 1.32. The van der Waals surface area contributed by atoms with Crippen molar-refractivity contribution in [3.05, 3.63) is 94.0 Å². The second-order valence-electron chi connectivity index (χ2n) is 8.90. The van der Waals surface area contributed by atoms with Gasteiger partial charge in [-0.1, -0.05) is 58.4 Å². The minimum Gasteiger partial charge on any atom is -0.497 e. The minimum absolute atomic E-state index is 0.0813. The number of carbonyl (C=O) groups excluding carboxylic acids is 2. The van der Waals surface area contributed by atoms with E-state index in [2.05, 4.69) is 21.2 Å². The molecule has 0 radical (unpaired) electrons. The highest BCUT2D eigenvalue weighted by Crippen LogP contribution is 2.26. The largest absolute Gasteiger partial charge is 0.497 e. The summed E-state index contributed by atoms with van der Waals surface area (Å²) in [5.41, 5.74) is 2.80. The molecule has 2 amide bonds. The summed E-state index contributed by atoms with van der Waals surface area (Å²) in [7, 11) is -0.754. The van der Waals surface area contributed by atoms with Crippen LogP contribution in [0.3, 0.4) is 0 Å². The quantitative estimate of drug-likeness (QED) is 0.359. The standard InChI is InChI=1S/C28H32BrN3O5S/c1-20-15-23(13-14-25(20)29)32(38(4,35)36)19-27(33)31(18-22-11-8-12-24(16-22)37-3)26(28(34)30-2)17-21-9-6-5-7-10-21/h5-16,26H,17-19H2,1-4H3,(H,30,34)/t26-/m1/s1. The van der Waals surface area contributed by atoms with Crippen LogP contribution in [-0.2, 0) is 32.6 Å². The van der Waals surface area contributed by atoms with Crippen LogP contribution >= 0.6 is 15.9 Å². The van der Waals surface area contributed by atoms with Crippen molar-refractivity contribution < 1.29 is 22.7 Å². The number of nitrogens with one attached hydrogen (secondary N) is 1. The molecule has 0 bridgehead atoms. The van der Waals surface area contributed by atoms with E-state index in [0.717, 1.165) is 31.7 Å². The molecule has 3 rings (SSSR count). The van der Waals surface area contributed by atoms with Crippen LogP contribution in [0.5, 0.6) is 5.75 Å². The number of likely N-dealkylation sites (N-methyl/N-ethyl adjacent to an activating group) is 1. The highest BCUT2D eigenvalue weighted by Gasteiger charge is 2.32. The number of ether oxygens (including phenoxy) is 1. The average molecular weight is 603 g/mol. The van der Waals surface area contributed by atoms with Crippen molar-refractivity contribution in [1.29, 1.82) is 0 Å². The molecule has 3 aromatic carbocycles. The third-order valence-electron chi connectivity index (χ3n) is 6.11. The Kier molecular flexibility index (Phi) is 9.93. The van der Waals surface area contributed by atoms with Crippen molar-refractivity contribution in [2.45, 2.75) is 25.9 Å². The van der Waals surface area contributed by atoms with Crippen LogP contribution in [-0.4, -0.2) is 58.1 Å². The number of sulfonamides is 1. The SMILES string of the molecule is CNC(=O)[C@@H](Cc1ccccc1)N(Cc1cccc(OC)c1)C(=O)CN(c1ccc(Br)c(C)c1)S(C)(=O)=O. The predicted octanol–water partition coefficient (Wildman–Crippen LogP) is 3.92. The molecule has 3 aromatic rings. The molecule has 202 valence electrons. The Labute approximate surface area is 232 Å². The highest BCUT2D eigenvalue weighted by molar-refractivity contribution is 9.10. The normalized spacial score (nSPS) is 11.9. The molecule has 8 nitrogen and oxygen atoms in total. The fourth-order valence-electron chi connectivity index (χ4n) is 4.09. The first-order chi connectivity index (χ1) is 18.0. The van der Waals surface area contributed by atoms with E-state index in [0.29, 0.717) is 11.4 Å². The number of methoxy groups -OCH3 is 1. The molecule has 0 fully saturated rings. The summed E-state index contributed by atoms with van der Waals surface area (Å²) >= 11 is 3.43. The van der Waals surface area contributed by atoms with Crippen LogP contribution in [0.4, 0.5) is 5.69 Å². The maximum atomic E-state index is 13.9. The maximum absolute atomic E-state index is 13.9. The number of anilines is 1. The lowest BCUT2D eigenvalue weighted by Gasteiger charge is -2.33. The van der Waals surface area contributed by atoms with Crippen LogP contribution < -0.4 is 14.4 Å². The molecule has 0 aliphatic carbocycles.